The molecule has 4 nitrogen and oxygen atoms in total. The molecular weight excluding hydrogens is 342 g/mol. The Hall–Kier alpha value is -1.84. The average Bonchev–Trinajstić information content (AvgIpc) is 2.40. The van der Waals surface area contributed by atoms with Gasteiger partial charge in [-0.3, -0.25) is 0 Å². The Morgan fingerprint density at radius 3 is 2.60 bits per heavy atom. The highest BCUT2D eigenvalue weighted by atomic mass is 79.9. The maximum Gasteiger partial charge on any atom is 0.175 e. The van der Waals surface area contributed by atoms with Crippen LogP contribution in [0.15, 0.2) is 51.8 Å². The third-order valence-electron chi connectivity index (χ3n) is 2.52. The number of benzene rings is 2. The standard InChI is InChI=1S/C14H10BrNO3S/c1-20(17,18)13-4-2-3-12(8-13)19-14-6-5-11(15)7-10(14)9-16/h2-8H,1H3. The minimum atomic E-state index is -3.29. The van der Waals surface area contributed by atoms with Gasteiger partial charge in [0, 0.05) is 10.7 Å². The van der Waals surface area contributed by atoms with Gasteiger partial charge in [0.25, 0.3) is 0 Å². The van der Waals surface area contributed by atoms with Crippen molar-refractivity contribution in [2.75, 3.05) is 6.26 Å². The first kappa shape index (κ1) is 14.6. The Bertz CT molecular complexity index is 794. The van der Waals surface area contributed by atoms with Gasteiger partial charge in [-0.05, 0) is 36.4 Å². The molecule has 6 heteroatoms. The first-order chi connectivity index (χ1) is 9.40. The third kappa shape index (κ3) is 3.38. The molecular formula is C14H10BrNO3S. The molecule has 2 rings (SSSR count). The van der Waals surface area contributed by atoms with E-state index < -0.39 is 9.84 Å². The van der Waals surface area contributed by atoms with Crippen LogP contribution in [-0.2, 0) is 9.84 Å². The number of halogens is 1. The summed E-state index contributed by atoms with van der Waals surface area (Å²) < 4.78 is 29.3. The molecule has 0 unspecified atom stereocenters. The summed E-state index contributed by atoms with van der Waals surface area (Å²) in [4.78, 5) is 0.172. The monoisotopic (exact) mass is 351 g/mol. The van der Waals surface area contributed by atoms with Crippen molar-refractivity contribution in [2.24, 2.45) is 0 Å². The highest BCUT2D eigenvalue weighted by Crippen LogP contribution is 2.28. The Morgan fingerprint density at radius 2 is 1.95 bits per heavy atom. The lowest BCUT2D eigenvalue weighted by Gasteiger charge is -2.08. The zero-order valence-electron chi connectivity index (χ0n) is 10.5. The highest BCUT2D eigenvalue weighted by Gasteiger charge is 2.10. The molecule has 0 spiro atoms. The number of ether oxygens (including phenoxy) is 1. The second-order valence-electron chi connectivity index (χ2n) is 4.10. The summed E-state index contributed by atoms with van der Waals surface area (Å²) in [5.41, 5.74) is 0.365. The zero-order valence-corrected chi connectivity index (χ0v) is 12.9. The van der Waals surface area contributed by atoms with Crippen LogP contribution in [0.4, 0.5) is 0 Å². The molecule has 102 valence electrons. The number of hydrogen-bond donors (Lipinski definition) is 0. The fraction of sp³-hybridized carbons (Fsp3) is 0.0714. The fourth-order valence-electron chi connectivity index (χ4n) is 1.57. The second-order valence-corrected chi connectivity index (χ2v) is 7.03. The average molecular weight is 352 g/mol. The van der Waals surface area contributed by atoms with Crippen LogP contribution in [0.5, 0.6) is 11.5 Å². The number of nitriles is 1. The van der Waals surface area contributed by atoms with Gasteiger partial charge >= 0.3 is 0 Å². The van der Waals surface area contributed by atoms with E-state index in [1.165, 1.54) is 12.1 Å². The summed E-state index contributed by atoms with van der Waals surface area (Å²) in [5, 5.41) is 9.06. The number of sulfone groups is 1. The van der Waals surface area contributed by atoms with E-state index in [0.717, 1.165) is 10.7 Å². The maximum atomic E-state index is 11.5. The molecule has 2 aromatic carbocycles. The minimum absolute atomic E-state index is 0.172. The molecule has 0 heterocycles. The summed E-state index contributed by atoms with van der Waals surface area (Å²) in [6.07, 6.45) is 1.13. The smallest absolute Gasteiger partial charge is 0.175 e. The summed E-state index contributed by atoms with van der Waals surface area (Å²) in [6.45, 7) is 0. The Morgan fingerprint density at radius 1 is 1.20 bits per heavy atom. The first-order valence-electron chi connectivity index (χ1n) is 5.58. The van der Waals surface area contributed by atoms with Gasteiger partial charge in [-0.25, -0.2) is 8.42 Å². The van der Waals surface area contributed by atoms with E-state index in [0.29, 0.717) is 17.1 Å². The van der Waals surface area contributed by atoms with Gasteiger partial charge in [-0.1, -0.05) is 22.0 Å². The molecule has 0 saturated carbocycles. The van der Waals surface area contributed by atoms with Gasteiger partial charge in [0.1, 0.15) is 17.6 Å². The van der Waals surface area contributed by atoms with Crippen LogP contribution >= 0.6 is 15.9 Å². The SMILES string of the molecule is CS(=O)(=O)c1cccc(Oc2ccc(Br)cc2C#N)c1. The van der Waals surface area contributed by atoms with E-state index in [9.17, 15) is 8.42 Å². The predicted molar refractivity (Wildman–Crippen MR) is 78.5 cm³/mol. The van der Waals surface area contributed by atoms with Crippen molar-refractivity contribution in [1.82, 2.24) is 0 Å². The molecule has 0 aliphatic carbocycles. The van der Waals surface area contributed by atoms with E-state index in [-0.39, 0.29) is 4.90 Å². The van der Waals surface area contributed by atoms with Crippen LogP contribution in [0, 0.1) is 11.3 Å². The zero-order chi connectivity index (χ0) is 14.8. The molecule has 0 aliphatic rings. The minimum Gasteiger partial charge on any atom is -0.456 e. The molecule has 0 radical (unpaired) electrons. The fourth-order valence-corrected chi connectivity index (χ4v) is 2.59. The van der Waals surface area contributed by atoms with E-state index in [2.05, 4.69) is 15.9 Å². The molecule has 0 aliphatic heterocycles. The molecule has 0 atom stereocenters. The lowest BCUT2D eigenvalue weighted by molar-refractivity contribution is 0.479. The van der Waals surface area contributed by atoms with Crippen molar-refractivity contribution < 1.29 is 13.2 Å². The second kappa shape index (κ2) is 5.65. The lowest BCUT2D eigenvalue weighted by Crippen LogP contribution is -1.97. The van der Waals surface area contributed by atoms with Crippen LogP contribution in [0.3, 0.4) is 0 Å². The first-order valence-corrected chi connectivity index (χ1v) is 8.26. The molecule has 2 aromatic rings. The van der Waals surface area contributed by atoms with Gasteiger partial charge < -0.3 is 4.74 Å². The van der Waals surface area contributed by atoms with Crippen molar-refractivity contribution in [3.63, 3.8) is 0 Å². The molecule has 0 aromatic heterocycles. The van der Waals surface area contributed by atoms with Gasteiger partial charge in [0.15, 0.2) is 9.84 Å². The molecule has 0 bridgehead atoms. The summed E-state index contributed by atoms with van der Waals surface area (Å²) in [6, 6.07) is 13.2. The van der Waals surface area contributed by atoms with Gasteiger partial charge in [0.2, 0.25) is 0 Å². The molecule has 0 saturated heterocycles. The number of nitrogens with zero attached hydrogens (tertiary/aromatic N) is 1. The lowest BCUT2D eigenvalue weighted by atomic mass is 10.2. The Kier molecular flexibility index (Phi) is 4.12. The van der Waals surface area contributed by atoms with E-state index in [1.807, 2.05) is 6.07 Å². The van der Waals surface area contributed by atoms with Crippen molar-refractivity contribution in [3.05, 3.63) is 52.5 Å². The van der Waals surface area contributed by atoms with Gasteiger partial charge in [-0.15, -0.1) is 0 Å². The molecule has 0 N–H and O–H groups in total. The molecule has 0 fully saturated rings. The van der Waals surface area contributed by atoms with Crippen LogP contribution in [0.2, 0.25) is 0 Å². The maximum absolute atomic E-state index is 11.5. The predicted octanol–water partition coefficient (Wildman–Crippen LogP) is 3.52. The van der Waals surface area contributed by atoms with Crippen LogP contribution < -0.4 is 4.74 Å². The van der Waals surface area contributed by atoms with E-state index >= 15 is 0 Å². The molecule has 20 heavy (non-hydrogen) atoms. The van der Waals surface area contributed by atoms with Crippen molar-refractivity contribution in [3.8, 4) is 17.6 Å². The molecule has 0 amide bonds. The van der Waals surface area contributed by atoms with E-state index in [4.69, 9.17) is 10.00 Å². The topological polar surface area (TPSA) is 67.2 Å². The van der Waals surface area contributed by atoms with Crippen LogP contribution in [0.1, 0.15) is 5.56 Å². The summed E-state index contributed by atoms with van der Waals surface area (Å²) in [5.74, 6) is 0.744. The number of hydrogen-bond acceptors (Lipinski definition) is 4. The van der Waals surface area contributed by atoms with E-state index in [1.54, 1.807) is 30.3 Å². The van der Waals surface area contributed by atoms with Gasteiger partial charge in [0.05, 0.1) is 10.5 Å². The van der Waals surface area contributed by atoms with Crippen LogP contribution in [0.25, 0.3) is 0 Å². The summed E-state index contributed by atoms with van der Waals surface area (Å²) in [7, 11) is -3.29. The quantitative estimate of drug-likeness (QED) is 0.848. The van der Waals surface area contributed by atoms with Crippen molar-refractivity contribution in [2.45, 2.75) is 4.90 Å². The normalized spacial score (nSPS) is 10.8. The van der Waals surface area contributed by atoms with Crippen molar-refractivity contribution >= 4 is 25.8 Å². The van der Waals surface area contributed by atoms with Crippen molar-refractivity contribution in [1.29, 1.82) is 5.26 Å². The third-order valence-corrected chi connectivity index (χ3v) is 4.13. The van der Waals surface area contributed by atoms with Gasteiger partial charge in [-0.2, -0.15) is 5.26 Å². The van der Waals surface area contributed by atoms with Crippen LogP contribution in [-0.4, -0.2) is 14.7 Å². The largest absolute Gasteiger partial charge is 0.456 e. The Labute approximate surface area is 125 Å². The summed E-state index contributed by atoms with van der Waals surface area (Å²) >= 11 is 3.27. The highest BCUT2D eigenvalue weighted by molar-refractivity contribution is 9.10. The number of rotatable bonds is 3. The Balaban J connectivity index is 2.39.